The first-order chi connectivity index (χ1) is 13.7. The van der Waals surface area contributed by atoms with E-state index in [0.717, 1.165) is 61.8 Å². The van der Waals surface area contributed by atoms with Crippen LogP contribution in [0.25, 0.3) is 0 Å². The van der Waals surface area contributed by atoms with Gasteiger partial charge in [0.15, 0.2) is 23.0 Å². The number of hydrogen-bond donors (Lipinski definition) is 0. The molecule has 5 heteroatoms. The number of fused-ring (bicyclic) bond motifs is 4. The van der Waals surface area contributed by atoms with Crippen LogP contribution in [-0.4, -0.2) is 38.9 Å². The normalized spacial score (nSPS) is 20.6. The van der Waals surface area contributed by atoms with E-state index in [1.165, 1.54) is 22.3 Å². The van der Waals surface area contributed by atoms with Crippen molar-refractivity contribution in [3.63, 3.8) is 0 Å². The molecule has 2 aliphatic heterocycles. The van der Waals surface area contributed by atoms with Gasteiger partial charge in [-0.05, 0) is 60.6 Å². The fourth-order valence-electron chi connectivity index (χ4n) is 4.57. The van der Waals surface area contributed by atoms with Crippen molar-refractivity contribution in [1.29, 1.82) is 0 Å². The molecule has 0 bridgehead atoms. The van der Waals surface area contributed by atoms with E-state index in [-0.39, 0.29) is 0 Å². The van der Waals surface area contributed by atoms with Gasteiger partial charge >= 0.3 is 0 Å². The van der Waals surface area contributed by atoms with E-state index in [9.17, 15) is 0 Å². The fraction of sp³-hybridized carbons (Fsp3) is 0.478. The summed E-state index contributed by atoms with van der Waals surface area (Å²) >= 11 is 0. The van der Waals surface area contributed by atoms with Crippen LogP contribution in [-0.2, 0) is 19.4 Å². The van der Waals surface area contributed by atoms with Crippen LogP contribution >= 0.6 is 0 Å². The molecule has 1 unspecified atom stereocenters. The van der Waals surface area contributed by atoms with Gasteiger partial charge in [0.1, 0.15) is 0 Å². The number of rotatable bonds is 5. The van der Waals surface area contributed by atoms with Crippen LogP contribution in [0.5, 0.6) is 23.0 Å². The van der Waals surface area contributed by atoms with Crippen molar-refractivity contribution in [1.82, 2.24) is 4.90 Å². The maximum atomic E-state index is 6.27. The topological polar surface area (TPSA) is 40.2 Å². The van der Waals surface area contributed by atoms with Crippen LogP contribution in [0.15, 0.2) is 24.3 Å². The Morgan fingerprint density at radius 1 is 0.893 bits per heavy atom. The highest BCUT2D eigenvalue weighted by Crippen LogP contribution is 2.46. The standard InChI is InChI=1S/C23H27NO4/c1-25-20-7-4-14-10-19-17-12-22(27-3)21(26-2)11-15(17)8-9-24(19)13-18(14)23(20)28-16-5-6-16/h4,7,11-12,16,19H,5-6,8-10,13H2,1-3H3. The monoisotopic (exact) mass is 381 g/mol. The highest BCUT2D eigenvalue weighted by atomic mass is 16.5. The number of benzene rings is 2. The summed E-state index contributed by atoms with van der Waals surface area (Å²) in [6.07, 6.45) is 4.65. The van der Waals surface area contributed by atoms with Crippen molar-refractivity contribution >= 4 is 0 Å². The van der Waals surface area contributed by atoms with Gasteiger partial charge in [0.25, 0.3) is 0 Å². The molecule has 1 aliphatic carbocycles. The molecular formula is C23H27NO4. The van der Waals surface area contributed by atoms with E-state index >= 15 is 0 Å². The summed E-state index contributed by atoms with van der Waals surface area (Å²) in [5, 5.41) is 0. The van der Waals surface area contributed by atoms with Crippen LogP contribution in [0.1, 0.15) is 41.1 Å². The van der Waals surface area contributed by atoms with E-state index in [1.807, 2.05) is 0 Å². The van der Waals surface area contributed by atoms with Gasteiger partial charge in [-0.15, -0.1) is 0 Å². The Balaban J connectivity index is 1.54. The van der Waals surface area contributed by atoms with Gasteiger partial charge in [-0.2, -0.15) is 0 Å². The molecule has 5 nitrogen and oxygen atoms in total. The van der Waals surface area contributed by atoms with Crippen molar-refractivity contribution in [3.8, 4) is 23.0 Å². The lowest BCUT2D eigenvalue weighted by Crippen LogP contribution is -2.39. The largest absolute Gasteiger partial charge is 0.493 e. The molecule has 0 spiro atoms. The maximum Gasteiger partial charge on any atom is 0.166 e. The Morgan fingerprint density at radius 3 is 2.36 bits per heavy atom. The Kier molecular flexibility index (Phi) is 4.35. The molecule has 3 aliphatic rings. The zero-order valence-electron chi connectivity index (χ0n) is 16.8. The minimum Gasteiger partial charge on any atom is -0.493 e. The second-order valence-corrected chi connectivity index (χ2v) is 7.90. The van der Waals surface area contributed by atoms with Crippen LogP contribution in [0.2, 0.25) is 0 Å². The van der Waals surface area contributed by atoms with Crippen LogP contribution in [0, 0.1) is 0 Å². The second kappa shape index (κ2) is 6.89. The first-order valence-electron chi connectivity index (χ1n) is 10.1. The quantitative estimate of drug-likeness (QED) is 0.785. The fourth-order valence-corrected chi connectivity index (χ4v) is 4.57. The van der Waals surface area contributed by atoms with Gasteiger partial charge in [0, 0.05) is 24.7 Å². The van der Waals surface area contributed by atoms with Crippen molar-refractivity contribution in [2.24, 2.45) is 0 Å². The number of hydrogen-bond acceptors (Lipinski definition) is 5. The summed E-state index contributed by atoms with van der Waals surface area (Å²) < 4.78 is 23.0. The molecule has 0 aromatic heterocycles. The van der Waals surface area contributed by atoms with Crippen LogP contribution in [0.3, 0.4) is 0 Å². The molecule has 2 aromatic carbocycles. The van der Waals surface area contributed by atoms with Gasteiger partial charge in [-0.25, -0.2) is 0 Å². The molecule has 2 heterocycles. The molecular weight excluding hydrogens is 354 g/mol. The van der Waals surface area contributed by atoms with E-state index in [0.29, 0.717) is 12.1 Å². The SMILES string of the molecule is COc1cc2c(cc1OC)C1Cc3ccc(OC)c(OC4CC4)c3CN1CC2. The summed E-state index contributed by atoms with van der Waals surface area (Å²) in [5.74, 6) is 3.43. The molecule has 2 aromatic rings. The highest BCUT2D eigenvalue weighted by Gasteiger charge is 2.36. The molecule has 1 fully saturated rings. The van der Waals surface area contributed by atoms with Crippen molar-refractivity contribution < 1.29 is 18.9 Å². The molecule has 148 valence electrons. The Labute approximate surface area is 166 Å². The van der Waals surface area contributed by atoms with Gasteiger partial charge in [0.2, 0.25) is 0 Å². The first-order valence-corrected chi connectivity index (χ1v) is 10.1. The molecule has 0 radical (unpaired) electrons. The molecule has 5 rings (SSSR count). The summed E-state index contributed by atoms with van der Waals surface area (Å²) in [5.41, 5.74) is 5.38. The molecule has 0 saturated heterocycles. The van der Waals surface area contributed by atoms with Gasteiger partial charge in [-0.3, -0.25) is 4.90 Å². The first kappa shape index (κ1) is 17.7. The smallest absolute Gasteiger partial charge is 0.166 e. The number of nitrogens with zero attached hydrogens (tertiary/aromatic N) is 1. The average Bonchev–Trinajstić information content (AvgIpc) is 3.55. The number of ether oxygens (including phenoxy) is 4. The van der Waals surface area contributed by atoms with E-state index < -0.39 is 0 Å². The Hall–Kier alpha value is -2.40. The Morgan fingerprint density at radius 2 is 1.64 bits per heavy atom. The number of methoxy groups -OCH3 is 3. The molecule has 0 amide bonds. The van der Waals surface area contributed by atoms with E-state index in [4.69, 9.17) is 18.9 Å². The summed E-state index contributed by atoms with van der Waals surface area (Å²) in [6.45, 7) is 1.93. The molecule has 28 heavy (non-hydrogen) atoms. The molecule has 1 saturated carbocycles. The van der Waals surface area contributed by atoms with E-state index in [2.05, 4.69) is 29.2 Å². The molecule has 0 N–H and O–H groups in total. The summed E-state index contributed by atoms with van der Waals surface area (Å²) in [7, 11) is 5.13. The molecule has 1 atom stereocenters. The van der Waals surface area contributed by atoms with Crippen molar-refractivity contribution in [2.75, 3.05) is 27.9 Å². The lowest BCUT2D eigenvalue weighted by molar-refractivity contribution is 0.155. The zero-order chi connectivity index (χ0) is 19.3. The summed E-state index contributed by atoms with van der Waals surface area (Å²) in [4.78, 5) is 2.57. The predicted octanol–water partition coefficient (Wildman–Crippen LogP) is 3.91. The van der Waals surface area contributed by atoms with Crippen LogP contribution < -0.4 is 18.9 Å². The lowest BCUT2D eigenvalue weighted by atomic mass is 9.83. The third kappa shape index (κ3) is 2.89. The minimum atomic E-state index is 0.358. The van der Waals surface area contributed by atoms with Gasteiger partial charge < -0.3 is 18.9 Å². The summed E-state index contributed by atoms with van der Waals surface area (Å²) in [6, 6.07) is 8.95. The third-order valence-electron chi connectivity index (χ3n) is 6.24. The van der Waals surface area contributed by atoms with Crippen LogP contribution in [0.4, 0.5) is 0 Å². The maximum absolute atomic E-state index is 6.27. The van der Waals surface area contributed by atoms with Gasteiger partial charge in [-0.1, -0.05) is 6.07 Å². The predicted molar refractivity (Wildman–Crippen MR) is 107 cm³/mol. The van der Waals surface area contributed by atoms with E-state index in [1.54, 1.807) is 21.3 Å². The van der Waals surface area contributed by atoms with Crippen molar-refractivity contribution in [3.05, 3.63) is 46.5 Å². The zero-order valence-corrected chi connectivity index (χ0v) is 16.8. The van der Waals surface area contributed by atoms with Crippen molar-refractivity contribution in [2.45, 2.75) is 44.4 Å². The lowest BCUT2D eigenvalue weighted by Gasteiger charge is -2.42. The second-order valence-electron chi connectivity index (χ2n) is 7.90. The Bertz CT molecular complexity index is 906. The highest BCUT2D eigenvalue weighted by molar-refractivity contribution is 5.55. The minimum absolute atomic E-state index is 0.358. The third-order valence-corrected chi connectivity index (χ3v) is 6.24. The average molecular weight is 381 g/mol. The van der Waals surface area contributed by atoms with Gasteiger partial charge in [0.05, 0.1) is 27.4 Å².